The quantitative estimate of drug-likeness (QED) is 0.827. The molecular weight excluding hydrogens is 355 g/mol. The van der Waals surface area contributed by atoms with Crippen LogP contribution in [0.25, 0.3) is 0 Å². The van der Waals surface area contributed by atoms with Crippen molar-refractivity contribution in [2.24, 2.45) is 11.8 Å². The van der Waals surface area contributed by atoms with Crippen LogP contribution in [0.5, 0.6) is 0 Å². The lowest BCUT2D eigenvalue weighted by molar-refractivity contribution is -0.124. The van der Waals surface area contributed by atoms with Gasteiger partial charge in [-0.15, -0.1) is 0 Å². The van der Waals surface area contributed by atoms with Gasteiger partial charge >= 0.3 is 0 Å². The first-order chi connectivity index (χ1) is 11.9. The normalized spacial score (nSPS) is 29.5. The van der Waals surface area contributed by atoms with Gasteiger partial charge in [-0.3, -0.25) is 4.79 Å². The molecule has 138 valence electrons. The first-order valence-electron chi connectivity index (χ1n) is 9.31. The highest BCUT2D eigenvalue weighted by molar-refractivity contribution is 6.42. The summed E-state index contributed by atoms with van der Waals surface area (Å²) in [7, 11) is 4.20. The minimum absolute atomic E-state index is 0.0292. The summed E-state index contributed by atoms with van der Waals surface area (Å²) >= 11 is 12.1. The molecule has 2 fully saturated rings. The molecule has 0 spiro atoms. The summed E-state index contributed by atoms with van der Waals surface area (Å²) in [6.07, 6.45) is 6.62. The monoisotopic (exact) mass is 382 g/mol. The number of benzene rings is 1. The van der Waals surface area contributed by atoms with Gasteiger partial charge in [-0.2, -0.15) is 0 Å². The largest absolute Gasteiger partial charge is 0.308 e. The third-order valence-corrected chi connectivity index (χ3v) is 6.43. The van der Waals surface area contributed by atoms with E-state index in [0.29, 0.717) is 40.1 Å². The van der Waals surface area contributed by atoms with E-state index in [1.807, 2.05) is 12.1 Å². The molecule has 3 rings (SSSR count). The van der Waals surface area contributed by atoms with Crippen molar-refractivity contribution in [3.63, 3.8) is 0 Å². The van der Waals surface area contributed by atoms with Crippen molar-refractivity contribution in [1.82, 2.24) is 10.2 Å². The number of halogens is 2. The van der Waals surface area contributed by atoms with Crippen molar-refractivity contribution in [2.75, 3.05) is 20.6 Å². The van der Waals surface area contributed by atoms with E-state index in [1.54, 1.807) is 6.07 Å². The number of ketones is 1. The Balaban J connectivity index is 1.73. The standard InChI is InChI=1S/C20H28Cl2N2O/c1-24(2)12-15-11-14-5-3-4-6-16(14)20(23-15)19(25)10-13-7-8-17(21)18(22)9-13/h7-9,14-16,20,23H,3-6,10-12H2,1-2H3. The van der Waals surface area contributed by atoms with E-state index >= 15 is 0 Å². The first-order valence-corrected chi connectivity index (χ1v) is 10.1. The lowest BCUT2D eigenvalue weighted by atomic mass is 9.68. The van der Waals surface area contributed by atoms with Gasteiger partial charge in [0.2, 0.25) is 0 Å². The molecule has 1 saturated carbocycles. The number of fused-ring (bicyclic) bond motifs is 1. The molecule has 2 aliphatic rings. The number of likely N-dealkylation sites (N-methyl/N-ethyl adjacent to an activating group) is 1. The second kappa shape index (κ2) is 8.39. The number of nitrogens with zero attached hydrogens (tertiary/aromatic N) is 1. The van der Waals surface area contributed by atoms with Crippen LogP contribution in [-0.2, 0) is 11.2 Å². The Morgan fingerprint density at radius 3 is 2.68 bits per heavy atom. The highest BCUT2D eigenvalue weighted by Crippen LogP contribution is 2.39. The van der Waals surface area contributed by atoms with Crippen LogP contribution in [0.3, 0.4) is 0 Å². The third kappa shape index (κ3) is 4.77. The summed E-state index contributed by atoms with van der Waals surface area (Å²) in [6.45, 7) is 0.986. The predicted octanol–water partition coefficient (Wildman–Crippen LogP) is 4.20. The van der Waals surface area contributed by atoms with Crippen molar-refractivity contribution in [2.45, 2.75) is 50.6 Å². The molecule has 0 radical (unpaired) electrons. The fraction of sp³-hybridized carbons (Fsp3) is 0.650. The van der Waals surface area contributed by atoms with Crippen molar-refractivity contribution < 1.29 is 4.79 Å². The number of piperidine rings is 1. The molecule has 5 heteroatoms. The number of Topliss-reactive ketones (excluding diaryl/α,β-unsaturated/α-hetero) is 1. The van der Waals surface area contributed by atoms with Crippen LogP contribution in [0.2, 0.25) is 10.0 Å². The molecular formula is C20H28Cl2N2O. The Hall–Kier alpha value is -0.610. The summed E-state index contributed by atoms with van der Waals surface area (Å²) < 4.78 is 0. The topological polar surface area (TPSA) is 32.3 Å². The maximum Gasteiger partial charge on any atom is 0.154 e. The number of rotatable bonds is 5. The minimum atomic E-state index is -0.0292. The Morgan fingerprint density at radius 1 is 1.20 bits per heavy atom. The Kier molecular flexibility index (Phi) is 6.43. The van der Waals surface area contributed by atoms with Gasteiger partial charge in [-0.1, -0.05) is 48.5 Å². The van der Waals surface area contributed by atoms with Crippen LogP contribution in [0.15, 0.2) is 18.2 Å². The van der Waals surface area contributed by atoms with Crippen LogP contribution in [0.4, 0.5) is 0 Å². The second-order valence-corrected chi connectivity index (χ2v) is 8.75. The molecule has 0 aromatic heterocycles. The van der Waals surface area contributed by atoms with E-state index in [9.17, 15) is 4.79 Å². The Morgan fingerprint density at radius 2 is 1.96 bits per heavy atom. The molecule has 25 heavy (non-hydrogen) atoms. The zero-order valence-electron chi connectivity index (χ0n) is 15.1. The average Bonchev–Trinajstić information content (AvgIpc) is 2.57. The zero-order chi connectivity index (χ0) is 18.0. The number of hydrogen-bond donors (Lipinski definition) is 1. The maximum atomic E-state index is 13.1. The van der Waals surface area contributed by atoms with Crippen molar-refractivity contribution in [3.8, 4) is 0 Å². The van der Waals surface area contributed by atoms with Gasteiger partial charge in [0.15, 0.2) is 5.78 Å². The van der Waals surface area contributed by atoms with Crippen LogP contribution in [-0.4, -0.2) is 43.4 Å². The van der Waals surface area contributed by atoms with E-state index < -0.39 is 0 Å². The van der Waals surface area contributed by atoms with Gasteiger partial charge in [0.1, 0.15) is 0 Å². The van der Waals surface area contributed by atoms with Crippen LogP contribution >= 0.6 is 23.2 Å². The van der Waals surface area contributed by atoms with Gasteiger partial charge in [0.05, 0.1) is 16.1 Å². The molecule has 1 N–H and O–H groups in total. The van der Waals surface area contributed by atoms with Crippen LogP contribution in [0.1, 0.15) is 37.7 Å². The Labute approximate surface area is 161 Å². The smallest absolute Gasteiger partial charge is 0.154 e. The van der Waals surface area contributed by atoms with Gasteiger partial charge < -0.3 is 10.2 Å². The molecule has 1 aromatic rings. The fourth-order valence-corrected chi connectivity index (χ4v) is 4.96. The van der Waals surface area contributed by atoms with Crippen molar-refractivity contribution in [3.05, 3.63) is 33.8 Å². The van der Waals surface area contributed by atoms with Crippen LogP contribution in [0, 0.1) is 11.8 Å². The number of carbonyl (C=O) groups is 1. The SMILES string of the molecule is CN(C)CC1CC2CCCCC2C(C(=O)Cc2ccc(Cl)c(Cl)c2)N1. The summed E-state index contributed by atoms with van der Waals surface area (Å²) in [5, 5.41) is 4.73. The number of carbonyl (C=O) groups excluding carboxylic acids is 1. The summed E-state index contributed by atoms with van der Waals surface area (Å²) in [5.74, 6) is 1.46. The molecule has 1 aliphatic carbocycles. The van der Waals surface area contributed by atoms with E-state index in [2.05, 4.69) is 24.3 Å². The van der Waals surface area contributed by atoms with E-state index in [1.165, 1.54) is 32.1 Å². The fourth-order valence-electron chi connectivity index (χ4n) is 4.64. The van der Waals surface area contributed by atoms with E-state index in [0.717, 1.165) is 12.1 Å². The molecule has 1 saturated heterocycles. The molecule has 0 bridgehead atoms. The van der Waals surface area contributed by atoms with Gasteiger partial charge in [-0.25, -0.2) is 0 Å². The summed E-state index contributed by atoms with van der Waals surface area (Å²) in [6, 6.07) is 5.87. The zero-order valence-corrected chi connectivity index (χ0v) is 16.6. The molecule has 1 heterocycles. The minimum Gasteiger partial charge on any atom is -0.308 e. The molecule has 0 amide bonds. The van der Waals surface area contributed by atoms with E-state index in [-0.39, 0.29) is 6.04 Å². The molecule has 1 aliphatic heterocycles. The lowest BCUT2D eigenvalue weighted by Gasteiger charge is -2.45. The molecule has 3 nitrogen and oxygen atoms in total. The molecule has 4 unspecified atom stereocenters. The number of nitrogens with one attached hydrogen (secondary N) is 1. The molecule has 4 atom stereocenters. The van der Waals surface area contributed by atoms with Crippen LogP contribution < -0.4 is 5.32 Å². The third-order valence-electron chi connectivity index (χ3n) is 5.69. The van der Waals surface area contributed by atoms with Crippen molar-refractivity contribution in [1.29, 1.82) is 0 Å². The second-order valence-electron chi connectivity index (χ2n) is 7.94. The van der Waals surface area contributed by atoms with Gasteiger partial charge in [-0.05, 0) is 56.5 Å². The highest BCUT2D eigenvalue weighted by Gasteiger charge is 2.41. The van der Waals surface area contributed by atoms with Crippen molar-refractivity contribution >= 4 is 29.0 Å². The van der Waals surface area contributed by atoms with Gasteiger partial charge in [0.25, 0.3) is 0 Å². The average molecular weight is 383 g/mol. The maximum absolute atomic E-state index is 13.1. The Bertz CT molecular complexity index is 620. The first kappa shape index (κ1) is 19.2. The predicted molar refractivity (Wildman–Crippen MR) is 105 cm³/mol. The highest BCUT2D eigenvalue weighted by atomic mass is 35.5. The summed E-state index contributed by atoms with van der Waals surface area (Å²) in [5.41, 5.74) is 0.947. The lowest BCUT2D eigenvalue weighted by Crippen LogP contribution is -2.58. The molecule has 1 aromatic carbocycles. The summed E-state index contributed by atoms with van der Waals surface area (Å²) in [4.78, 5) is 15.3. The van der Waals surface area contributed by atoms with E-state index in [4.69, 9.17) is 23.2 Å². The number of hydrogen-bond acceptors (Lipinski definition) is 3. The van der Waals surface area contributed by atoms with Gasteiger partial charge in [0, 0.05) is 19.0 Å².